The summed E-state index contributed by atoms with van der Waals surface area (Å²) in [5.41, 5.74) is -1.16. The van der Waals surface area contributed by atoms with Crippen molar-refractivity contribution >= 4 is 39.7 Å². The molecule has 2 heterocycles. The summed E-state index contributed by atoms with van der Waals surface area (Å²) in [7, 11) is -4.29. The summed E-state index contributed by atoms with van der Waals surface area (Å²) in [6.07, 6.45) is 3.88. The Morgan fingerprint density at radius 2 is 1.73 bits per heavy atom. The number of nitrogens with zero attached hydrogens (tertiary/aromatic N) is 2. The molecule has 6 rings (SSSR count). The van der Waals surface area contributed by atoms with E-state index in [-0.39, 0.29) is 55.6 Å². The molecule has 55 heavy (non-hydrogen) atoms. The number of sulfonamides is 1. The van der Waals surface area contributed by atoms with E-state index in [1.807, 2.05) is 20.8 Å². The van der Waals surface area contributed by atoms with E-state index in [1.165, 1.54) is 46.2 Å². The first-order valence-electron chi connectivity index (χ1n) is 18.9. The molecule has 3 N–H and O–H groups in total. The molecule has 0 spiro atoms. The summed E-state index contributed by atoms with van der Waals surface area (Å²) in [5, 5.41) is 5.70. The van der Waals surface area contributed by atoms with Gasteiger partial charge in [-0.3, -0.25) is 24.1 Å². The van der Waals surface area contributed by atoms with Gasteiger partial charge in [0.25, 0.3) is 15.9 Å². The van der Waals surface area contributed by atoms with Crippen molar-refractivity contribution in [3.8, 4) is 0 Å². The molecule has 1 unspecified atom stereocenters. The van der Waals surface area contributed by atoms with Gasteiger partial charge in [-0.25, -0.2) is 22.3 Å². The van der Waals surface area contributed by atoms with Gasteiger partial charge in [0.2, 0.25) is 17.7 Å². The van der Waals surface area contributed by atoms with Crippen molar-refractivity contribution in [2.24, 2.45) is 17.8 Å². The van der Waals surface area contributed by atoms with Crippen molar-refractivity contribution in [2.75, 3.05) is 6.54 Å². The zero-order chi connectivity index (χ0) is 39.7. The molecule has 15 heteroatoms. The third-order valence-electron chi connectivity index (χ3n) is 11.1. The zero-order valence-corrected chi connectivity index (χ0v) is 32.3. The quantitative estimate of drug-likeness (QED) is 0.283. The summed E-state index contributed by atoms with van der Waals surface area (Å²) >= 11 is 0. The van der Waals surface area contributed by atoms with Gasteiger partial charge in [0.15, 0.2) is 0 Å². The molecule has 1 saturated heterocycles. The van der Waals surface area contributed by atoms with Crippen LogP contribution in [0.1, 0.15) is 83.3 Å². The van der Waals surface area contributed by atoms with Gasteiger partial charge >= 0.3 is 6.09 Å². The number of carbonyl (C=O) groups is 5. The van der Waals surface area contributed by atoms with Crippen LogP contribution in [0.5, 0.6) is 0 Å². The summed E-state index contributed by atoms with van der Waals surface area (Å²) in [4.78, 5) is 72.1. The second-order valence-electron chi connectivity index (χ2n) is 16.2. The molecule has 5 amide bonds. The standard InChI is InChI=1S/C40H50FN5O8S/c1-5-27-21-40(27,37(50)44-55(52,53)29-16-10-7-11-17-29)43-35(48)33-19-28(54-38(51)45-22-26-15-12-18-32(41)31(26)24-45)23-46(33)36(49)30(25-13-8-6-9-14-25)20-34(47)42-39(2,3)4/h5,7,10-12,15-18,25,27-28,30,33H,1,6,8-9,13-14,19-24H2,2-4H3,(H,42,47)(H,43,48)(H,44,50)/t27?,28-,30+,33+,40-/m1/s1. The molecule has 13 nitrogen and oxygen atoms in total. The van der Waals surface area contributed by atoms with Crippen LogP contribution >= 0.6 is 0 Å². The fourth-order valence-electron chi connectivity index (χ4n) is 8.19. The number of hydrogen-bond acceptors (Lipinski definition) is 8. The Balaban J connectivity index is 1.25. The normalized spacial score (nSPS) is 24.3. The van der Waals surface area contributed by atoms with Crippen LogP contribution in [0.2, 0.25) is 0 Å². The number of amides is 5. The van der Waals surface area contributed by atoms with Crippen LogP contribution in [0.15, 0.2) is 66.1 Å². The number of ether oxygens (including phenoxy) is 1. The van der Waals surface area contributed by atoms with Crippen LogP contribution in [0.3, 0.4) is 0 Å². The number of fused-ring (bicyclic) bond motifs is 1. The maximum atomic E-state index is 14.7. The van der Waals surface area contributed by atoms with Crippen molar-refractivity contribution in [1.29, 1.82) is 0 Å². The lowest BCUT2D eigenvalue weighted by molar-refractivity contribution is -0.146. The van der Waals surface area contributed by atoms with Gasteiger partial charge < -0.3 is 20.3 Å². The molecule has 2 aliphatic carbocycles. The lowest BCUT2D eigenvalue weighted by Gasteiger charge is -2.35. The van der Waals surface area contributed by atoms with Crippen LogP contribution in [0.4, 0.5) is 9.18 Å². The second kappa shape index (κ2) is 15.8. The maximum Gasteiger partial charge on any atom is 0.410 e. The van der Waals surface area contributed by atoms with Gasteiger partial charge in [-0.2, -0.15) is 0 Å². The van der Waals surface area contributed by atoms with E-state index >= 15 is 0 Å². The number of benzene rings is 2. The van der Waals surface area contributed by atoms with Crippen LogP contribution in [0, 0.1) is 23.6 Å². The number of rotatable bonds is 11. The van der Waals surface area contributed by atoms with E-state index in [1.54, 1.807) is 18.2 Å². The molecular formula is C40H50FN5O8S. The first kappa shape index (κ1) is 39.9. The summed E-state index contributed by atoms with van der Waals surface area (Å²) in [5.74, 6) is -4.35. The van der Waals surface area contributed by atoms with Crippen LogP contribution < -0.4 is 15.4 Å². The number of carbonyl (C=O) groups excluding carboxylic acids is 5. The largest absolute Gasteiger partial charge is 0.444 e. The van der Waals surface area contributed by atoms with Gasteiger partial charge in [-0.1, -0.05) is 55.7 Å². The Hall–Kier alpha value is -4.79. The zero-order valence-electron chi connectivity index (χ0n) is 31.5. The van der Waals surface area contributed by atoms with E-state index in [9.17, 15) is 36.8 Å². The average molecular weight is 780 g/mol. The van der Waals surface area contributed by atoms with Gasteiger partial charge in [0.1, 0.15) is 23.5 Å². The molecule has 0 aromatic heterocycles. The van der Waals surface area contributed by atoms with Crippen molar-refractivity contribution < 1.29 is 41.5 Å². The molecule has 2 saturated carbocycles. The Kier molecular flexibility index (Phi) is 11.4. The van der Waals surface area contributed by atoms with Gasteiger partial charge in [0.05, 0.1) is 18.0 Å². The molecule has 2 aromatic rings. The number of likely N-dealkylation sites (tertiary alicyclic amines) is 1. The van der Waals surface area contributed by atoms with E-state index in [0.717, 1.165) is 32.1 Å². The molecule has 2 aliphatic heterocycles. The summed E-state index contributed by atoms with van der Waals surface area (Å²) < 4.78 is 48.7. The summed E-state index contributed by atoms with van der Waals surface area (Å²) in [6, 6.07) is 10.7. The third-order valence-corrected chi connectivity index (χ3v) is 12.4. The van der Waals surface area contributed by atoms with Gasteiger partial charge in [-0.15, -0.1) is 6.58 Å². The fourth-order valence-corrected chi connectivity index (χ4v) is 9.24. The SMILES string of the molecule is C=CC1C[C@]1(NC(=O)[C@@H]1C[C@@H](OC(=O)N2Cc3cccc(F)c3C2)CN1C(=O)[C@@H](CC(=O)NC(C)(C)C)C1CCCCC1)C(=O)NS(=O)(=O)c1ccccc1. The van der Waals surface area contributed by atoms with Crippen molar-refractivity contribution in [3.05, 3.63) is 78.1 Å². The minimum Gasteiger partial charge on any atom is -0.444 e. The predicted octanol–water partition coefficient (Wildman–Crippen LogP) is 4.31. The van der Waals surface area contributed by atoms with E-state index in [4.69, 9.17) is 4.74 Å². The Labute approximate surface area is 321 Å². The van der Waals surface area contributed by atoms with Crippen molar-refractivity contribution in [3.63, 3.8) is 0 Å². The molecule has 4 aliphatic rings. The van der Waals surface area contributed by atoms with Crippen LogP contribution in [-0.2, 0) is 47.0 Å². The lowest BCUT2D eigenvalue weighted by atomic mass is 9.77. The molecule has 3 fully saturated rings. The number of halogens is 1. The smallest absolute Gasteiger partial charge is 0.410 e. The Morgan fingerprint density at radius 3 is 2.36 bits per heavy atom. The number of nitrogens with one attached hydrogen (secondary N) is 3. The molecule has 0 radical (unpaired) electrons. The highest BCUT2D eigenvalue weighted by atomic mass is 32.2. The minimum absolute atomic E-state index is 0.000769. The molecule has 5 atom stereocenters. The molecule has 2 aromatic carbocycles. The predicted molar refractivity (Wildman–Crippen MR) is 200 cm³/mol. The lowest BCUT2D eigenvalue weighted by Crippen LogP contribution is -2.57. The van der Waals surface area contributed by atoms with Crippen LogP contribution in [-0.4, -0.2) is 77.7 Å². The van der Waals surface area contributed by atoms with Gasteiger partial charge in [-0.05, 0) is 69.7 Å². The van der Waals surface area contributed by atoms with E-state index in [0.29, 0.717) is 11.1 Å². The second-order valence-corrected chi connectivity index (χ2v) is 17.9. The van der Waals surface area contributed by atoms with Crippen molar-refractivity contribution in [2.45, 2.75) is 113 Å². The van der Waals surface area contributed by atoms with Gasteiger partial charge in [0, 0.05) is 42.3 Å². The topological polar surface area (TPSA) is 171 Å². The highest BCUT2D eigenvalue weighted by Gasteiger charge is 2.61. The third kappa shape index (κ3) is 8.87. The number of hydrogen-bond donors (Lipinski definition) is 3. The van der Waals surface area contributed by atoms with E-state index < -0.39 is 74.7 Å². The van der Waals surface area contributed by atoms with Crippen LogP contribution in [0.25, 0.3) is 0 Å². The summed E-state index contributed by atoms with van der Waals surface area (Å²) in [6.45, 7) is 9.28. The Bertz CT molecular complexity index is 1950. The van der Waals surface area contributed by atoms with Crippen molar-refractivity contribution in [1.82, 2.24) is 25.2 Å². The molecule has 0 bridgehead atoms. The highest BCUT2D eigenvalue weighted by Crippen LogP contribution is 2.45. The first-order valence-corrected chi connectivity index (χ1v) is 20.4. The van der Waals surface area contributed by atoms with E-state index in [2.05, 4.69) is 21.9 Å². The minimum atomic E-state index is -4.29. The Morgan fingerprint density at radius 1 is 1.02 bits per heavy atom. The maximum absolute atomic E-state index is 14.7. The molecular weight excluding hydrogens is 730 g/mol. The fraction of sp³-hybridized carbons (Fsp3) is 0.525. The first-order chi connectivity index (χ1) is 26.0. The average Bonchev–Trinajstić information content (AvgIpc) is 3.43. The molecule has 296 valence electrons. The monoisotopic (exact) mass is 779 g/mol. The highest BCUT2D eigenvalue weighted by molar-refractivity contribution is 7.90.